The summed E-state index contributed by atoms with van der Waals surface area (Å²) in [4.78, 5) is 48.2. The number of anilines is 2. The van der Waals surface area contributed by atoms with Gasteiger partial charge in [-0.1, -0.05) is 20.8 Å². The molecular formula is C24H27N5O5S. The Labute approximate surface area is 205 Å². The van der Waals surface area contributed by atoms with Gasteiger partial charge >= 0.3 is 5.97 Å². The first-order chi connectivity index (χ1) is 16.5. The molecule has 184 valence electrons. The van der Waals surface area contributed by atoms with Gasteiger partial charge < -0.3 is 15.1 Å². The maximum Gasteiger partial charge on any atom is 0.328 e. The number of amides is 1. The van der Waals surface area contributed by atoms with Crippen molar-refractivity contribution in [3.05, 3.63) is 57.0 Å². The van der Waals surface area contributed by atoms with Gasteiger partial charge in [0.05, 0.1) is 17.4 Å². The van der Waals surface area contributed by atoms with Crippen LogP contribution in [-0.2, 0) is 10.2 Å². The summed E-state index contributed by atoms with van der Waals surface area (Å²) in [6.45, 7) is 7.07. The molecule has 1 saturated heterocycles. The lowest BCUT2D eigenvalue weighted by atomic mass is 9.93. The van der Waals surface area contributed by atoms with Crippen LogP contribution in [0.15, 0.2) is 34.6 Å². The van der Waals surface area contributed by atoms with Crippen LogP contribution in [0.25, 0.3) is 11.7 Å². The molecular weight excluding hydrogens is 470 g/mol. The Morgan fingerprint density at radius 2 is 1.94 bits per heavy atom. The summed E-state index contributed by atoms with van der Waals surface area (Å²) in [6, 6.07) is 3.02. The quantitative estimate of drug-likeness (QED) is 0.458. The van der Waals surface area contributed by atoms with Crippen LogP contribution in [0.3, 0.4) is 0 Å². The van der Waals surface area contributed by atoms with Crippen molar-refractivity contribution >= 4 is 45.9 Å². The topological polar surface area (TPSA) is 137 Å². The fourth-order valence-corrected chi connectivity index (χ4v) is 4.68. The lowest BCUT2D eigenvalue weighted by Crippen LogP contribution is -2.38. The Bertz CT molecular complexity index is 1360. The van der Waals surface area contributed by atoms with Crippen molar-refractivity contribution in [2.24, 2.45) is 0 Å². The van der Waals surface area contributed by atoms with E-state index in [4.69, 9.17) is 5.11 Å². The van der Waals surface area contributed by atoms with Gasteiger partial charge in [0.2, 0.25) is 0 Å². The monoisotopic (exact) mass is 497 g/mol. The maximum absolute atomic E-state index is 13.2. The molecule has 0 radical (unpaired) electrons. The molecule has 35 heavy (non-hydrogen) atoms. The van der Waals surface area contributed by atoms with Crippen LogP contribution in [0, 0.1) is 0 Å². The molecule has 3 aromatic rings. The summed E-state index contributed by atoms with van der Waals surface area (Å²) in [5, 5.41) is 24.1. The molecule has 0 saturated carbocycles. The number of aliphatic hydroxyl groups is 1. The predicted octanol–water partition coefficient (Wildman–Crippen LogP) is 2.76. The van der Waals surface area contributed by atoms with E-state index in [9.17, 15) is 19.5 Å². The van der Waals surface area contributed by atoms with Crippen molar-refractivity contribution in [1.82, 2.24) is 14.4 Å². The fraction of sp³-hybridized carbons (Fsp3) is 0.375. The van der Waals surface area contributed by atoms with Crippen LogP contribution in [0.5, 0.6) is 0 Å². The Kier molecular flexibility index (Phi) is 6.73. The number of aliphatic hydroxyl groups excluding tert-OH is 1. The average Bonchev–Trinajstić information content (AvgIpc) is 3.27. The average molecular weight is 498 g/mol. The molecule has 4 rings (SSSR count). The molecule has 3 N–H and O–H groups in total. The number of pyridine rings is 1. The van der Waals surface area contributed by atoms with Crippen molar-refractivity contribution in [2.75, 3.05) is 23.3 Å². The fourth-order valence-electron chi connectivity index (χ4n) is 3.75. The molecule has 10 nitrogen and oxygen atoms in total. The zero-order valence-corrected chi connectivity index (χ0v) is 20.5. The summed E-state index contributed by atoms with van der Waals surface area (Å²) in [5.41, 5.74) is 0.986. The summed E-state index contributed by atoms with van der Waals surface area (Å²) in [7, 11) is 0. The predicted molar refractivity (Wildman–Crippen MR) is 134 cm³/mol. The minimum absolute atomic E-state index is 0.135. The first-order valence-electron chi connectivity index (χ1n) is 11.2. The number of thiazole rings is 1. The van der Waals surface area contributed by atoms with Crippen LogP contribution >= 0.6 is 11.3 Å². The van der Waals surface area contributed by atoms with Gasteiger partial charge in [-0.05, 0) is 31.1 Å². The van der Waals surface area contributed by atoms with Crippen LogP contribution < -0.4 is 15.8 Å². The van der Waals surface area contributed by atoms with E-state index in [2.05, 4.69) is 15.3 Å². The third-order valence-electron chi connectivity index (χ3n) is 5.76. The minimum atomic E-state index is -1.18. The molecule has 0 unspecified atom stereocenters. The maximum atomic E-state index is 13.2. The van der Waals surface area contributed by atoms with E-state index in [0.717, 1.165) is 11.8 Å². The van der Waals surface area contributed by atoms with E-state index in [1.807, 2.05) is 31.1 Å². The molecule has 0 spiro atoms. The molecule has 1 fully saturated rings. The standard InChI is InChI=1S/C24H27N5O5S/c1-24(2,3)17-13-35-23(25-17)27-21(33)14-6-11-29-18(12-14)26-20(28-9-7-15(30)8-10-28)16(22(29)34)4-5-19(31)32/h4-6,11-13,15,30H,7-10H2,1-3H3,(H,31,32)(H,25,27,33). The number of fused-ring (bicyclic) bond motifs is 1. The number of aliphatic carboxylic acids is 1. The summed E-state index contributed by atoms with van der Waals surface area (Å²) in [6.07, 6.45) is 4.18. The molecule has 0 aliphatic carbocycles. The molecule has 1 amide bonds. The molecule has 3 aromatic heterocycles. The number of carbonyl (C=O) groups is 2. The number of carboxylic acids is 1. The number of nitrogens with zero attached hydrogens (tertiary/aromatic N) is 4. The SMILES string of the molecule is CC(C)(C)c1csc(NC(=O)c2ccn3c(=O)c(C=CC(=O)O)c(N4CCC(O)CC4)nc3c2)n1. The van der Waals surface area contributed by atoms with Gasteiger partial charge in [0.25, 0.3) is 11.5 Å². The van der Waals surface area contributed by atoms with Crippen molar-refractivity contribution in [2.45, 2.75) is 45.1 Å². The van der Waals surface area contributed by atoms with E-state index < -0.39 is 17.6 Å². The highest BCUT2D eigenvalue weighted by atomic mass is 32.1. The van der Waals surface area contributed by atoms with E-state index >= 15 is 0 Å². The highest BCUT2D eigenvalue weighted by molar-refractivity contribution is 7.14. The Morgan fingerprint density at radius 1 is 1.23 bits per heavy atom. The van der Waals surface area contributed by atoms with Gasteiger partial charge in [-0.25, -0.2) is 14.8 Å². The molecule has 0 atom stereocenters. The minimum Gasteiger partial charge on any atom is -0.478 e. The Balaban J connectivity index is 1.71. The smallest absolute Gasteiger partial charge is 0.328 e. The van der Waals surface area contributed by atoms with E-state index in [1.165, 1.54) is 40.1 Å². The number of rotatable bonds is 5. The van der Waals surface area contributed by atoms with Crippen molar-refractivity contribution in [3.8, 4) is 0 Å². The first kappa shape index (κ1) is 24.6. The van der Waals surface area contributed by atoms with Crippen LogP contribution in [0.2, 0.25) is 0 Å². The third-order valence-corrected chi connectivity index (χ3v) is 6.51. The van der Waals surface area contributed by atoms with E-state index in [1.54, 1.807) is 0 Å². The number of nitrogens with one attached hydrogen (secondary N) is 1. The van der Waals surface area contributed by atoms with Crippen molar-refractivity contribution in [1.29, 1.82) is 0 Å². The van der Waals surface area contributed by atoms with Crippen LogP contribution in [-0.4, -0.2) is 55.7 Å². The lowest BCUT2D eigenvalue weighted by Gasteiger charge is -2.31. The highest BCUT2D eigenvalue weighted by Crippen LogP contribution is 2.27. The number of hydrogen-bond acceptors (Lipinski definition) is 8. The second-order valence-corrected chi connectivity index (χ2v) is 10.3. The molecule has 11 heteroatoms. The number of carbonyl (C=O) groups excluding carboxylic acids is 1. The Hall–Kier alpha value is -3.57. The summed E-state index contributed by atoms with van der Waals surface area (Å²) < 4.78 is 1.28. The Morgan fingerprint density at radius 3 is 2.57 bits per heavy atom. The third kappa shape index (κ3) is 5.41. The normalized spacial score (nSPS) is 15.1. The second-order valence-electron chi connectivity index (χ2n) is 9.43. The van der Waals surface area contributed by atoms with E-state index in [0.29, 0.717) is 42.4 Å². The summed E-state index contributed by atoms with van der Waals surface area (Å²) in [5.74, 6) is -1.24. The first-order valence-corrected chi connectivity index (χ1v) is 12.1. The van der Waals surface area contributed by atoms with Crippen molar-refractivity contribution in [3.63, 3.8) is 0 Å². The number of piperidine rings is 1. The number of carboxylic acid groups (broad SMARTS) is 1. The van der Waals surface area contributed by atoms with E-state index in [-0.39, 0.29) is 22.5 Å². The lowest BCUT2D eigenvalue weighted by molar-refractivity contribution is -0.131. The zero-order chi connectivity index (χ0) is 25.3. The highest BCUT2D eigenvalue weighted by Gasteiger charge is 2.23. The van der Waals surface area contributed by atoms with Gasteiger partial charge in [0.1, 0.15) is 11.5 Å². The van der Waals surface area contributed by atoms with Crippen LogP contribution in [0.4, 0.5) is 10.9 Å². The number of hydrogen-bond donors (Lipinski definition) is 3. The second kappa shape index (κ2) is 9.59. The van der Waals surface area contributed by atoms with Crippen molar-refractivity contribution < 1.29 is 19.8 Å². The zero-order valence-electron chi connectivity index (χ0n) is 19.7. The van der Waals surface area contributed by atoms with Crippen LogP contribution in [0.1, 0.15) is 55.2 Å². The van der Waals surface area contributed by atoms with Gasteiger partial charge in [0.15, 0.2) is 5.13 Å². The molecule has 0 bridgehead atoms. The largest absolute Gasteiger partial charge is 0.478 e. The molecule has 0 aromatic carbocycles. The molecule has 4 heterocycles. The number of aromatic nitrogens is 3. The molecule has 1 aliphatic rings. The van der Waals surface area contributed by atoms with Gasteiger partial charge in [0, 0.05) is 41.7 Å². The van der Waals surface area contributed by atoms with Gasteiger partial charge in [-0.3, -0.25) is 19.3 Å². The summed E-state index contributed by atoms with van der Waals surface area (Å²) >= 11 is 1.34. The van der Waals surface area contributed by atoms with Gasteiger partial charge in [-0.2, -0.15) is 0 Å². The van der Waals surface area contributed by atoms with Gasteiger partial charge in [-0.15, -0.1) is 11.3 Å². The molecule has 1 aliphatic heterocycles.